The molecule has 0 amide bonds. The van der Waals surface area contributed by atoms with E-state index in [4.69, 9.17) is 4.74 Å². The molecule has 0 saturated heterocycles. The second-order valence-electron chi connectivity index (χ2n) is 4.92. The van der Waals surface area contributed by atoms with Crippen LogP contribution in [-0.2, 0) is 4.74 Å². The first-order chi connectivity index (χ1) is 8.70. The lowest BCUT2D eigenvalue weighted by molar-refractivity contribution is -0.00855. The predicted octanol–water partition coefficient (Wildman–Crippen LogP) is 3.18. The van der Waals surface area contributed by atoms with E-state index in [0.717, 1.165) is 29.4 Å². The number of ether oxygens (including phenoxy) is 1. The van der Waals surface area contributed by atoms with Crippen LogP contribution in [0.1, 0.15) is 25.7 Å². The molecule has 2 atom stereocenters. The van der Waals surface area contributed by atoms with Gasteiger partial charge in [0, 0.05) is 17.3 Å². The molecule has 1 aromatic rings. The zero-order chi connectivity index (χ0) is 13.0. The Balaban J connectivity index is 2.21. The fraction of sp³-hybridized carbons (Fsp3) is 0.571. The summed E-state index contributed by atoms with van der Waals surface area (Å²) in [4.78, 5) is 0. The lowest BCUT2D eigenvalue weighted by atomic mass is 9.79. The molecule has 0 heterocycles. The Morgan fingerprint density at radius 1 is 1.50 bits per heavy atom. The van der Waals surface area contributed by atoms with Crippen LogP contribution in [0.5, 0.6) is 0 Å². The van der Waals surface area contributed by atoms with Crippen molar-refractivity contribution in [2.24, 2.45) is 0 Å². The summed E-state index contributed by atoms with van der Waals surface area (Å²) < 4.78 is 6.60. The van der Waals surface area contributed by atoms with Crippen molar-refractivity contribution in [2.45, 2.75) is 37.3 Å². The van der Waals surface area contributed by atoms with E-state index in [1.807, 2.05) is 24.3 Å². The summed E-state index contributed by atoms with van der Waals surface area (Å²) >= 11 is 3.46. The van der Waals surface area contributed by atoms with E-state index < -0.39 is 0 Å². The minimum Gasteiger partial charge on any atom is -0.394 e. The Hall–Kier alpha value is -0.580. The van der Waals surface area contributed by atoms with E-state index in [1.54, 1.807) is 7.11 Å². The molecule has 0 spiro atoms. The third-order valence-corrected chi connectivity index (χ3v) is 4.23. The van der Waals surface area contributed by atoms with Crippen LogP contribution in [-0.4, -0.2) is 30.5 Å². The van der Waals surface area contributed by atoms with Crippen LogP contribution in [0.3, 0.4) is 0 Å². The Morgan fingerprint density at radius 2 is 2.33 bits per heavy atom. The summed E-state index contributed by atoms with van der Waals surface area (Å²) in [5, 5.41) is 13.3. The smallest absolute Gasteiger partial charge is 0.0865 e. The van der Waals surface area contributed by atoms with E-state index in [-0.39, 0.29) is 18.2 Å². The molecule has 0 bridgehead atoms. The monoisotopic (exact) mass is 313 g/mol. The van der Waals surface area contributed by atoms with Gasteiger partial charge in [0.05, 0.1) is 18.2 Å². The van der Waals surface area contributed by atoms with E-state index >= 15 is 0 Å². The summed E-state index contributed by atoms with van der Waals surface area (Å²) in [7, 11) is 1.73. The molecule has 0 aromatic heterocycles. The zero-order valence-corrected chi connectivity index (χ0v) is 12.2. The van der Waals surface area contributed by atoms with Gasteiger partial charge in [-0.2, -0.15) is 0 Å². The van der Waals surface area contributed by atoms with Gasteiger partial charge >= 0.3 is 0 Å². The molecule has 0 aliphatic heterocycles. The van der Waals surface area contributed by atoms with Gasteiger partial charge in [-0.25, -0.2) is 0 Å². The lowest BCUT2D eigenvalue weighted by Crippen LogP contribution is -2.55. The maximum Gasteiger partial charge on any atom is 0.0865 e. The van der Waals surface area contributed by atoms with E-state index in [2.05, 4.69) is 21.2 Å². The highest BCUT2D eigenvalue weighted by molar-refractivity contribution is 9.10. The van der Waals surface area contributed by atoms with Gasteiger partial charge in [-0.3, -0.25) is 0 Å². The number of anilines is 1. The molecule has 1 aliphatic rings. The molecule has 1 fully saturated rings. The Kier molecular flexibility index (Phi) is 4.65. The third-order valence-electron chi connectivity index (χ3n) is 3.74. The first-order valence-corrected chi connectivity index (χ1v) is 7.17. The molecular weight excluding hydrogens is 294 g/mol. The number of aliphatic hydroxyl groups is 1. The standard InChI is InChI=1S/C14H20BrNO2/c1-18-13-7-2-3-8-14(13,10-17)16-12-6-4-5-11(15)9-12/h4-6,9,13,16-17H,2-3,7-8,10H2,1H3. The fourth-order valence-corrected chi connectivity index (χ4v) is 3.17. The van der Waals surface area contributed by atoms with Gasteiger partial charge in [0.2, 0.25) is 0 Å². The molecule has 100 valence electrons. The van der Waals surface area contributed by atoms with Crippen LogP contribution in [0.15, 0.2) is 28.7 Å². The highest BCUT2D eigenvalue weighted by atomic mass is 79.9. The van der Waals surface area contributed by atoms with Crippen LogP contribution in [0, 0.1) is 0 Å². The largest absolute Gasteiger partial charge is 0.394 e. The Labute approximate surface area is 117 Å². The number of hydrogen-bond donors (Lipinski definition) is 2. The second-order valence-corrected chi connectivity index (χ2v) is 5.84. The van der Waals surface area contributed by atoms with Crippen molar-refractivity contribution in [1.29, 1.82) is 0 Å². The first-order valence-electron chi connectivity index (χ1n) is 6.37. The van der Waals surface area contributed by atoms with Gasteiger partial charge in [0.1, 0.15) is 0 Å². The minimum atomic E-state index is -0.353. The summed E-state index contributed by atoms with van der Waals surface area (Å²) in [5.74, 6) is 0. The van der Waals surface area contributed by atoms with Gasteiger partial charge in [-0.1, -0.05) is 34.8 Å². The molecule has 0 radical (unpaired) electrons. The SMILES string of the molecule is COC1CCCCC1(CO)Nc1cccc(Br)c1. The molecule has 1 saturated carbocycles. The van der Waals surface area contributed by atoms with Crippen molar-refractivity contribution in [3.05, 3.63) is 28.7 Å². The van der Waals surface area contributed by atoms with E-state index in [0.29, 0.717) is 0 Å². The van der Waals surface area contributed by atoms with Gasteiger partial charge in [-0.05, 0) is 31.0 Å². The fourth-order valence-electron chi connectivity index (χ4n) is 2.77. The van der Waals surface area contributed by atoms with Crippen molar-refractivity contribution in [3.8, 4) is 0 Å². The van der Waals surface area contributed by atoms with Crippen LogP contribution in [0.2, 0.25) is 0 Å². The molecule has 2 unspecified atom stereocenters. The highest BCUT2D eigenvalue weighted by Crippen LogP contribution is 2.34. The second kappa shape index (κ2) is 6.04. The predicted molar refractivity (Wildman–Crippen MR) is 76.8 cm³/mol. The van der Waals surface area contributed by atoms with Gasteiger partial charge < -0.3 is 15.2 Å². The number of methoxy groups -OCH3 is 1. The number of aliphatic hydroxyl groups excluding tert-OH is 1. The van der Waals surface area contributed by atoms with E-state index in [9.17, 15) is 5.11 Å². The molecular formula is C14H20BrNO2. The number of benzene rings is 1. The van der Waals surface area contributed by atoms with Crippen molar-refractivity contribution in [2.75, 3.05) is 19.0 Å². The summed E-state index contributed by atoms with van der Waals surface area (Å²) in [6.45, 7) is 0.0953. The summed E-state index contributed by atoms with van der Waals surface area (Å²) in [6.07, 6.45) is 4.30. The Bertz CT molecular complexity index is 399. The highest BCUT2D eigenvalue weighted by Gasteiger charge is 2.40. The van der Waals surface area contributed by atoms with Gasteiger partial charge in [-0.15, -0.1) is 0 Å². The molecule has 3 nitrogen and oxygen atoms in total. The molecule has 2 N–H and O–H groups in total. The average molecular weight is 314 g/mol. The van der Waals surface area contributed by atoms with E-state index in [1.165, 1.54) is 6.42 Å². The van der Waals surface area contributed by atoms with Gasteiger partial charge in [0.25, 0.3) is 0 Å². The number of hydrogen-bond acceptors (Lipinski definition) is 3. The number of nitrogens with one attached hydrogen (secondary N) is 1. The number of rotatable bonds is 4. The first kappa shape index (κ1) is 13.8. The van der Waals surface area contributed by atoms with Gasteiger partial charge in [0.15, 0.2) is 0 Å². The van der Waals surface area contributed by atoms with Crippen LogP contribution in [0.25, 0.3) is 0 Å². The van der Waals surface area contributed by atoms with Crippen LogP contribution < -0.4 is 5.32 Å². The summed E-state index contributed by atoms with van der Waals surface area (Å²) in [6, 6.07) is 8.02. The quantitative estimate of drug-likeness (QED) is 0.897. The van der Waals surface area contributed by atoms with Crippen molar-refractivity contribution < 1.29 is 9.84 Å². The summed E-state index contributed by atoms with van der Waals surface area (Å²) in [5.41, 5.74) is 0.663. The van der Waals surface area contributed by atoms with Crippen LogP contribution in [0.4, 0.5) is 5.69 Å². The van der Waals surface area contributed by atoms with Crippen molar-refractivity contribution >= 4 is 21.6 Å². The Morgan fingerprint density at radius 3 is 3.00 bits per heavy atom. The molecule has 1 aliphatic carbocycles. The average Bonchev–Trinajstić information content (AvgIpc) is 2.39. The van der Waals surface area contributed by atoms with Crippen molar-refractivity contribution in [1.82, 2.24) is 0 Å². The molecule has 2 rings (SSSR count). The zero-order valence-electron chi connectivity index (χ0n) is 10.7. The topological polar surface area (TPSA) is 41.5 Å². The van der Waals surface area contributed by atoms with Crippen LogP contribution >= 0.6 is 15.9 Å². The number of halogens is 1. The maximum absolute atomic E-state index is 9.82. The molecule has 1 aromatic carbocycles. The third kappa shape index (κ3) is 2.87. The normalized spacial score (nSPS) is 28.1. The van der Waals surface area contributed by atoms with Crippen molar-refractivity contribution in [3.63, 3.8) is 0 Å². The molecule has 18 heavy (non-hydrogen) atoms. The minimum absolute atomic E-state index is 0.0650. The lowest BCUT2D eigenvalue weighted by Gasteiger charge is -2.43. The maximum atomic E-state index is 9.82. The molecule has 4 heteroatoms.